The predicted molar refractivity (Wildman–Crippen MR) is 48.5 cm³/mol. The number of hydrogen-bond donors (Lipinski definition) is 0. The molecule has 12 heavy (non-hydrogen) atoms. The topological polar surface area (TPSA) is 0 Å². The van der Waals surface area contributed by atoms with Crippen molar-refractivity contribution in [1.82, 2.24) is 0 Å². The zero-order chi connectivity index (χ0) is 7.71. The lowest BCUT2D eigenvalue weighted by atomic mass is 9.45. The lowest BCUT2D eigenvalue weighted by Gasteiger charge is -2.59. The van der Waals surface area contributed by atoms with Gasteiger partial charge in [-0.15, -0.1) is 0 Å². The first-order valence-electron chi connectivity index (χ1n) is 5.62. The van der Waals surface area contributed by atoms with Crippen molar-refractivity contribution in [1.29, 1.82) is 0 Å². The molecule has 3 saturated carbocycles. The van der Waals surface area contributed by atoms with Gasteiger partial charge in [0.15, 0.2) is 0 Å². The lowest BCUT2D eigenvalue weighted by molar-refractivity contribution is -0.105. The van der Waals surface area contributed by atoms with Crippen molar-refractivity contribution in [2.45, 2.75) is 25.7 Å². The summed E-state index contributed by atoms with van der Waals surface area (Å²) in [5.74, 6) is 6.66. The Morgan fingerprint density at radius 1 is 0.833 bits per heavy atom. The van der Waals surface area contributed by atoms with Crippen LogP contribution in [0, 0.1) is 35.5 Å². The average molecular weight is 160 g/mol. The van der Waals surface area contributed by atoms with Crippen molar-refractivity contribution in [2.24, 2.45) is 35.5 Å². The SMILES string of the molecule is C1=CC2CCC1C1CC3CC2C31. The van der Waals surface area contributed by atoms with E-state index < -0.39 is 0 Å². The molecule has 0 aromatic rings. The largest absolute Gasteiger partial charge is 0.0848 e. The molecule has 5 aliphatic rings. The molecule has 0 heterocycles. The van der Waals surface area contributed by atoms with Crippen LogP contribution in [0.25, 0.3) is 0 Å². The van der Waals surface area contributed by atoms with E-state index in [0.717, 1.165) is 23.7 Å². The smallest absolute Gasteiger partial charge is 0.0202 e. The van der Waals surface area contributed by atoms with Crippen molar-refractivity contribution in [3.63, 3.8) is 0 Å². The summed E-state index contributed by atoms with van der Waals surface area (Å²) in [6.07, 6.45) is 11.3. The van der Waals surface area contributed by atoms with Crippen molar-refractivity contribution < 1.29 is 0 Å². The quantitative estimate of drug-likeness (QED) is 0.478. The van der Waals surface area contributed by atoms with Gasteiger partial charge in [0.2, 0.25) is 0 Å². The molecule has 0 nitrogen and oxygen atoms in total. The van der Waals surface area contributed by atoms with Crippen LogP contribution in [0.1, 0.15) is 25.7 Å². The van der Waals surface area contributed by atoms with Gasteiger partial charge in [-0.3, -0.25) is 0 Å². The minimum Gasteiger partial charge on any atom is -0.0848 e. The van der Waals surface area contributed by atoms with Crippen molar-refractivity contribution in [2.75, 3.05) is 0 Å². The van der Waals surface area contributed by atoms with Gasteiger partial charge < -0.3 is 0 Å². The highest BCUT2D eigenvalue weighted by Gasteiger charge is 2.59. The minimum atomic E-state index is 1.01. The highest BCUT2D eigenvalue weighted by molar-refractivity contribution is 5.17. The fourth-order valence-electron chi connectivity index (χ4n) is 4.55. The van der Waals surface area contributed by atoms with Crippen LogP contribution in [0.4, 0.5) is 0 Å². The van der Waals surface area contributed by atoms with Crippen LogP contribution in [-0.2, 0) is 0 Å². The summed E-state index contributed by atoms with van der Waals surface area (Å²) in [7, 11) is 0. The number of rotatable bonds is 0. The molecule has 0 aromatic carbocycles. The second-order valence-electron chi connectivity index (χ2n) is 5.43. The highest BCUT2D eigenvalue weighted by Crippen LogP contribution is 2.66. The molecule has 4 atom stereocenters. The maximum absolute atomic E-state index is 2.56. The Balaban J connectivity index is 1.80. The van der Waals surface area contributed by atoms with Gasteiger partial charge in [0.05, 0.1) is 0 Å². The Morgan fingerprint density at radius 2 is 1.42 bits per heavy atom. The van der Waals surface area contributed by atoms with E-state index in [0.29, 0.717) is 0 Å². The first kappa shape index (κ1) is 6.23. The van der Waals surface area contributed by atoms with Gasteiger partial charge in [-0.05, 0) is 61.2 Å². The molecule has 0 spiro atoms. The van der Waals surface area contributed by atoms with Crippen LogP contribution in [0.2, 0.25) is 0 Å². The van der Waals surface area contributed by atoms with Crippen LogP contribution in [0.15, 0.2) is 12.2 Å². The minimum absolute atomic E-state index is 1.01. The maximum Gasteiger partial charge on any atom is -0.0202 e. The molecule has 0 aromatic heterocycles. The third kappa shape index (κ3) is 0.522. The molecular weight excluding hydrogens is 144 g/mol. The molecule has 5 aliphatic carbocycles. The summed E-state index contributed by atoms with van der Waals surface area (Å²) < 4.78 is 0. The molecule has 64 valence electrons. The average Bonchev–Trinajstić information content (AvgIpc) is 2.18. The van der Waals surface area contributed by atoms with E-state index in [2.05, 4.69) is 12.2 Å². The Kier molecular flexibility index (Phi) is 0.939. The molecule has 5 rings (SSSR count). The maximum atomic E-state index is 2.56. The van der Waals surface area contributed by atoms with E-state index in [1.165, 1.54) is 24.7 Å². The fourth-order valence-corrected chi connectivity index (χ4v) is 4.55. The van der Waals surface area contributed by atoms with Gasteiger partial charge in [-0.1, -0.05) is 12.2 Å². The lowest BCUT2D eigenvalue weighted by Crippen LogP contribution is -2.53. The van der Waals surface area contributed by atoms with E-state index in [-0.39, 0.29) is 0 Å². The summed E-state index contributed by atoms with van der Waals surface area (Å²) in [5, 5.41) is 0. The second-order valence-corrected chi connectivity index (χ2v) is 5.43. The highest BCUT2D eigenvalue weighted by atomic mass is 14.6. The molecule has 0 N–H and O–H groups in total. The van der Waals surface area contributed by atoms with Gasteiger partial charge in [0, 0.05) is 0 Å². The first-order chi connectivity index (χ1) is 5.93. The second kappa shape index (κ2) is 1.81. The van der Waals surface area contributed by atoms with Gasteiger partial charge in [0.25, 0.3) is 0 Å². The molecule has 4 unspecified atom stereocenters. The molecule has 0 saturated heterocycles. The predicted octanol–water partition coefficient (Wildman–Crippen LogP) is 2.85. The van der Waals surface area contributed by atoms with Crippen LogP contribution >= 0.6 is 0 Å². The van der Waals surface area contributed by atoms with Gasteiger partial charge >= 0.3 is 0 Å². The molecule has 0 radical (unpaired) electrons. The van der Waals surface area contributed by atoms with Crippen LogP contribution in [0.3, 0.4) is 0 Å². The molecular formula is C12H16. The summed E-state index contributed by atoms with van der Waals surface area (Å²) in [5.41, 5.74) is 0. The van der Waals surface area contributed by atoms with Gasteiger partial charge in [0.1, 0.15) is 0 Å². The monoisotopic (exact) mass is 160 g/mol. The number of hydrogen-bond acceptors (Lipinski definition) is 0. The van der Waals surface area contributed by atoms with E-state index in [1.54, 1.807) is 12.8 Å². The van der Waals surface area contributed by atoms with Gasteiger partial charge in [-0.2, -0.15) is 0 Å². The molecule has 3 fully saturated rings. The Hall–Kier alpha value is -0.260. The summed E-state index contributed by atoms with van der Waals surface area (Å²) in [4.78, 5) is 0. The van der Waals surface area contributed by atoms with Crippen molar-refractivity contribution >= 4 is 0 Å². The van der Waals surface area contributed by atoms with Crippen LogP contribution in [-0.4, -0.2) is 0 Å². The van der Waals surface area contributed by atoms with Crippen LogP contribution in [0.5, 0.6) is 0 Å². The van der Waals surface area contributed by atoms with E-state index in [4.69, 9.17) is 0 Å². The van der Waals surface area contributed by atoms with Crippen molar-refractivity contribution in [3.8, 4) is 0 Å². The third-order valence-electron chi connectivity index (χ3n) is 5.22. The standard InChI is InChI=1S/C12H16/c1-2-8-4-3-7(1)10-5-9-6-11(8)12(9)10/h1-2,7-12H,3-6H2. The zero-order valence-electron chi connectivity index (χ0n) is 7.45. The molecule has 2 bridgehead atoms. The number of fused-ring (bicyclic) bond motifs is 1. The summed E-state index contributed by atoms with van der Waals surface area (Å²) in [6.45, 7) is 0. The fraction of sp³-hybridized carbons (Fsp3) is 0.833. The Bertz CT molecular complexity index is 229. The zero-order valence-corrected chi connectivity index (χ0v) is 7.45. The molecule has 0 aliphatic heterocycles. The molecule has 0 amide bonds. The van der Waals surface area contributed by atoms with Crippen LogP contribution < -0.4 is 0 Å². The normalized spacial score (nSPS) is 64.7. The Labute approximate surface area is 74.0 Å². The molecule has 0 heteroatoms. The Morgan fingerprint density at radius 3 is 1.83 bits per heavy atom. The third-order valence-corrected chi connectivity index (χ3v) is 5.22. The first-order valence-corrected chi connectivity index (χ1v) is 5.62. The summed E-state index contributed by atoms with van der Waals surface area (Å²) in [6, 6.07) is 0. The van der Waals surface area contributed by atoms with E-state index >= 15 is 0 Å². The van der Waals surface area contributed by atoms with Gasteiger partial charge in [-0.25, -0.2) is 0 Å². The summed E-state index contributed by atoms with van der Waals surface area (Å²) >= 11 is 0. The van der Waals surface area contributed by atoms with E-state index in [1.807, 2.05) is 0 Å². The number of allylic oxidation sites excluding steroid dienone is 2. The van der Waals surface area contributed by atoms with E-state index in [9.17, 15) is 0 Å². The van der Waals surface area contributed by atoms with Crippen molar-refractivity contribution in [3.05, 3.63) is 12.2 Å².